The molecule has 0 fully saturated rings. The van der Waals surface area contributed by atoms with Crippen LogP contribution in [0.5, 0.6) is 0 Å². The molecule has 1 heterocycles. The topological polar surface area (TPSA) is 36.4 Å². The number of pyridine rings is 1. The fourth-order valence-corrected chi connectivity index (χ4v) is 1.85. The minimum Gasteiger partial charge on any atom is -0.386 e. The van der Waals surface area contributed by atoms with E-state index < -0.39 is 6.10 Å². The van der Waals surface area contributed by atoms with Crippen molar-refractivity contribution >= 4 is 0 Å². The van der Waals surface area contributed by atoms with Crippen molar-refractivity contribution in [3.8, 4) is 0 Å². The van der Waals surface area contributed by atoms with Crippen LogP contribution in [0.2, 0.25) is 0 Å². The Balaban J connectivity index is 3.10. The molecule has 1 N–H and O–H groups in total. The molecule has 0 aliphatic heterocycles. The Bertz CT molecular complexity index is 352. The van der Waals surface area contributed by atoms with Gasteiger partial charge in [0.1, 0.15) is 0 Å². The first-order chi connectivity index (χ1) is 7.43. The standard InChI is InChI=1S/C13H22N2O/c1-6-13(3,15(4)5)12(16)11-9-14-8-7-10(11)2/h7-9,12,16H,6H2,1-5H3. The highest BCUT2D eigenvalue weighted by Gasteiger charge is 2.35. The zero-order chi connectivity index (χ0) is 12.3. The van der Waals surface area contributed by atoms with E-state index in [1.54, 1.807) is 12.4 Å². The van der Waals surface area contributed by atoms with Crippen LogP contribution in [-0.4, -0.2) is 34.6 Å². The monoisotopic (exact) mass is 222 g/mol. The molecule has 3 heteroatoms. The van der Waals surface area contributed by atoms with Gasteiger partial charge in [-0.05, 0) is 46.0 Å². The number of likely N-dealkylation sites (N-methyl/N-ethyl adjacent to an activating group) is 1. The van der Waals surface area contributed by atoms with Crippen molar-refractivity contribution in [2.45, 2.75) is 38.8 Å². The molecule has 0 aliphatic rings. The summed E-state index contributed by atoms with van der Waals surface area (Å²) in [5.74, 6) is 0. The summed E-state index contributed by atoms with van der Waals surface area (Å²) in [6.07, 6.45) is 3.89. The van der Waals surface area contributed by atoms with Crippen molar-refractivity contribution < 1.29 is 5.11 Å². The molecule has 2 unspecified atom stereocenters. The van der Waals surface area contributed by atoms with Gasteiger partial charge in [0.05, 0.1) is 6.10 Å². The number of hydrogen-bond donors (Lipinski definition) is 1. The van der Waals surface area contributed by atoms with Crippen molar-refractivity contribution in [1.29, 1.82) is 0 Å². The molecule has 0 aliphatic carbocycles. The number of aliphatic hydroxyl groups is 1. The van der Waals surface area contributed by atoms with E-state index in [1.807, 2.05) is 27.1 Å². The van der Waals surface area contributed by atoms with Crippen molar-refractivity contribution in [1.82, 2.24) is 9.88 Å². The second-order valence-electron chi connectivity index (χ2n) is 4.74. The second-order valence-corrected chi connectivity index (χ2v) is 4.74. The van der Waals surface area contributed by atoms with Crippen LogP contribution in [0.15, 0.2) is 18.5 Å². The summed E-state index contributed by atoms with van der Waals surface area (Å²) in [5.41, 5.74) is 1.75. The van der Waals surface area contributed by atoms with Gasteiger partial charge in [0.25, 0.3) is 0 Å². The molecule has 3 nitrogen and oxygen atoms in total. The van der Waals surface area contributed by atoms with Crippen LogP contribution in [0.3, 0.4) is 0 Å². The predicted molar refractivity (Wildman–Crippen MR) is 66.3 cm³/mol. The molecular weight excluding hydrogens is 200 g/mol. The maximum Gasteiger partial charge on any atom is 0.0987 e. The van der Waals surface area contributed by atoms with Crippen LogP contribution in [0, 0.1) is 6.92 Å². The number of aryl methyl sites for hydroxylation is 1. The van der Waals surface area contributed by atoms with Crippen LogP contribution < -0.4 is 0 Å². The van der Waals surface area contributed by atoms with E-state index in [4.69, 9.17) is 0 Å². The van der Waals surface area contributed by atoms with Gasteiger partial charge in [0.15, 0.2) is 0 Å². The molecule has 0 spiro atoms. The molecular formula is C13H22N2O. The first-order valence-electron chi connectivity index (χ1n) is 5.69. The third-order valence-corrected chi connectivity index (χ3v) is 3.70. The van der Waals surface area contributed by atoms with Crippen molar-refractivity contribution in [2.24, 2.45) is 0 Å². The molecule has 1 rings (SSSR count). The lowest BCUT2D eigenvalue weighted by Gasteiger charge is -2.40. The van der Waals surface area contributed by atoms with Gasteiger partial charge in [0.2, 0.25) is 0 Å². The SMILES string of the molecule is CCC(C)(C(O)c1cnccc1C)N(C)C. The Morgan fingerprint density at radius 2 is 2.12 bits per heavy atom. The lowest BCUT2D eigenvalue weighted by Crippen LogP contribution is -2.46. The van der Waals surface area contributed by atoms with Crippen LogP contribution in [-0.2, 0) is 0 Å². The van der Waals surface area contributed by atoms with E-state index in [0.717, 1.165) is 17.5 Å². The summed E-state index contributed by atoms with van der Waals surface area (Å²) in [5, 5.41) is 10.5. The van der Waals surface area contributed by atoms with Gasteiger partial charge >= 0.3 is 0 Å². The van der Waals surface area contributed by atoms with Crippen LogP contribution in [0.1, 0.15) is 37.5 Å². The number of aliphatic hydroxyl groups excluding tert-OH is 1. The van der Waals surface area contributed by atoms with Crippen LogP contribution in [0.25, 0.3) is 0 Å². The van der Waals surface area contributed by atoms with Gasteiger partial charge in [-0.15, -0.1) is 0 Å². The molecule has 0 saturated carbocycles. The largest absolute Gasteiger partial charge is 0.386 e. The first kappa shape index (κ1) is 13.1. The van der Waals surface area contributed by atoms with Gasteiger partial charge in [-0.3, -0.25) is 4.98 Å². The lowest BCUT2D eigenvalue weighted by molar-refractivity contribution is 0.000309. The van der Waals surface area contributed by atoms with Gasteiger partial charge in [-0.25, -0.2) is 0 Å². The third kappa shape index (κ3) is 2.25. The molecule has 0 saturated heterocycles. The zero-order valence-corrected chi connectivity index (χ0v) is 10.9. The van der Waals surface area contributed by atoms with Crippen molar-refractivity contribution in [3.05, 3.63) is 29.6 Å². The Morgan fingerprint density at radius 1 is 1.50 bits per heavy atom. The molecule has 2 atom stereocenters. The number of hydrogen-bond acceptors (Lipinski definition) is 3. The van der Waals surface area contributed by atoms with E-state index in [-0.39, 0.29) is 5.54 Å². The number of nitrogens with zero attached hydrogens (tertiary/aromatic N) is 2. The summed E-state index contributed by atoms with van der Waals surface area (Å²) in [6.45, 7) is 6.17. The molecule has 0 aromatic carbocycles. The van der Waals surface area contributed by atoms with Crippen LogP contribution >= 0.6 is 0 Å². The van der Waals surface area contributed by atoms with E-state index in [9.17, 15) is 5.11 Å². The molecule has 0 radical (unpaired) electrons. The maximum absolute atomic E-state index is 10.5. The Morgan fingerprint density at radius 3 is 2.56 bits per heavy atom. The number of rotatable bonds is 4. The minimum absolute atomic E-state index is 0.256. The second kappa shape index (κ2) is 4.93. The summed E-state index contributed by atoms with van der Waals surface area (Å²) in [6, 6.07) is 1.93. The van der Waals surface area contributed by atoms with Gasteiger partial charge in [0, 0.05) is 23.5 Å². The summed E-state index contributed by atoms with van der Waals surface area (Å²) >= 11 is 0. The maximum atomic E-state index is 10.5. The molecule has 1 aromatic rings. The number of aromatic nitrogens is 1. The average Bonchev–Trinajstić information content (AvgIpc) is 2.27. The summed E-state index contributed by atoms with van der Waals surface area (Å²) < 4.78 is 0. The molecule has 90 valence electrons. The lowest BCUT2D eigenvalue weighted by atomic mass is 9.85. The molecule has 0 bridgehead atoms. The summed E-state index contributed by atoms with van der Waals surface area (Å²) in [4.78, 5) is 6.17. The Kier molecular flexibility index (Phi) is 4.05. The molecule has 0 amide bonds. The average molecular weight is 222 g/mol. The quantitative estimate of drug-likeness (QED) is 0.848. The highest BCUT2D eigenvalue weighted by molar-refractivity contribution is 5.26. The Hall–Kier alpha value is -0.930. The highest BCUT2D eigenvalue weighted by atomic mass is 16.3. The predicted octanol–water partition coefficient (Wildman–Crippen LogP) is 2.15. The summed E-state index contributed by atoms with van der Waals surface area (Å²) in [7, 11) is 4.00. The minimum atomic E-state index is -0.513. The smallest absolute Gasteiger partial charge is 0.0987 e. The molecule has 16 heavy (non-hydrogen) atoms. The fourth-order valence-electron chi connectivity index (χ4n) is 1.85. The highest BCUT2D eigenvalue weighted by Crippen LogP contribution is 2.33. The fraction of sp³-hybridized carbons (Fsp3) is 0.615. The van der Waals surface area contributed by atoms with E-state index >= 15 is 0 Å². The van der Waals surface area contributed by atoms with Crippen LogP contribution in [0.4, 0.5) is 0 Å². The Labute approximate surface area is 98.1 Å². The zero-order valence-electron chi connectivity index (χ0n) is 10.9. The van der Waals surface area contributed by atoms with E-state index in [0.29, 0.717) is 0 Å². The third-order valence-electron chi connectivity index (χ3n) is 3.70. The van der Waals surface area contributed by atoms with Gasteiger partial charge in [-0.2, -0.15) is 0 Å². The molecule has 1 aromatic heterocycles. The van der Waals surface area contributed by atoms with E-state index in [1.165, 1.54) is 0 Å². The van der Waals surface area contributed by atoms with Crippen molar-refractivity contribution in [3.63, 3.8) is 0 Å². The first-order valence-corrected chi connectivity index (χ1v) is 5.69. The van der Waals surface area contributed by atoms with Crippen molar-refractivity contribution in [2.75, 3.05) is 14.1 Å². The van der Waals surface area contributed by atoms with E-state index in [2.05, 4.69) is 23.7 Å². The van der Waals surface area contributed by atoms with Gasteiger partial charge in [-0.1, -0.05) is 6.92 Å². The normalized spacial score (nSPS) is 17.2. The van der Waals surface area contributed by atoms with Gasteiger partial charge < -0.3 is 10.0 Å².